The van der Waals surface area contributed by atoms with Crippen molar-refractivity contribution in [3.63, 3.8) is 0 Å². The number of hydrogen-bond acceptors (Lipinski definition) is 8. The maximum absolute atomic E-state index is 9.87. The van der Waals surface area contributed by atoms with Gasteiger partial charge in [0.2, 0.25) is 0 Å². The molecule has 1 aliphatic rings. The topological polar surface area (TPSA) is 105 Å². The summed E-state index contributed by atoms with van der Waals surface area (Å²) in [4.78, 5) is 5.32. The van der Waals surface area contributed by atoms with Crippen molar-refractivity contribution in [1.29, 1.82) is 0 Å². The van der Waals surface area contributed by atoms with E-state index in [0.29, 0.717) is 18.2 Å². The minimum Gasteiger partial charge on any atom is -0.506 e. The van der Waals surface area contributed by atoms with E-state index in [1.165, 1.54) is 16.6 Å². The number of aromatic hydroxyl groups is 1. The van der Waals surface area contributed by atoms with Gasteiger partial charge in [-0.05, 0) is 50.1 Å². The van der Waals surface area contributed by atoms with Crippen LogP contribution in [0.15, 0.2) is 47.8 Å². The van der Waals surface area contributed by atoms with Crippen LogP contribution in [0.3, 0.4) is 0 Å². The van der Waals surface area contributed by atoms with E-state index in [1.54, 1.807) is 23.6 Å². The molecule has 8 nitrogen and oxygen atoms in total. The molecular weight excluding hydrogens is 410 g/mol. The number of benzene rings is 1. The van der Waals surface area contributed by atoms with Crippen LogP contribution < -0.4 is 10.7 Å². The molecule has 31 heavy (non-hydrogen) atoms. The maximum Gasteiger partial charge on any atom is 0.253 e. The second-order valence-electron chi connectivity index (χ2n) is 7.53. The Kier molecular flexibility index (Phi) is 4.48. The van der Waals surface area contributed by atoms with E-state index < -0.39 is 0 Å². The van der Waals surface area contributed by atoms with Gasteiger partial charge in [0, 0.05) is 27.9 Å². The first-order chi connectivity index (χ1) is 14.9. The number of nitrogens with two attached hydrogens (primary N) is 1. The molecule has 0 amide bonds. The Labute approximate surface area is 183 Å². The highest BCUT2D eigenvalue weighted by Crippen LogP contribution is 2.38. The zero-order valence-electron chi connectivity index (χ0n) is 17.4. The van der Waals surface area contributed by atoms with Crippen molar-refractivity contribution >= 4 is 28.7 Å². The van der Waals surface area contributed by atoms with Crippen molar-refractivity contribution in [2.24, 2.45) is 5.10 Å². The number of hydrogen-bond donors (Lipinski definition) is 2. The van der Waals surface area contributed by atoms with Crippen LogP contribution in [0.2, 0.25) is 0 Å². The molecule has 9 heteroatoms. The smallest absolute Gasteiger partial charge is 0.253 e. The first kappa shape index (κ1) is 19.3. The summed E-state index contributed by atoms with van der Waals surface area (Å²) in [6.45, 7) is 6.55. The Hall–Kier alpha value is -3.72. The molecule has 3 N–H and O–H groups in total. The third-order valence-electron chi connectivity index (χ3n) is 5.36. The third-order valence-corrected chi connectivity index (χ3v) is 6.56. The fourth-order valence-corrected chi connectivity index (χ4v) is 4.90. The van der Waals surface area contributed by atoms with Crippen LogP contribution in [0.25, 0.3) is 5.00 Å². The van der Waals surface area contributed by atoms with Crippen molar-refractivity contribution in [2.45, 2.75) is 27.3 Å². The number of rotatable bonds is 3. The molecule has 4 aromatic rings. The van der Waals surface area contributed by atoms with E-state index in [-0.39, 0.29) is 5.75 Å². The molecule has 0 bridgehead atoms. The van der Waals surface area contributed by atoms with Gasteiger partial charge in [-0.1, -0.05) is 12.1 Å². The van der Waals surface area contributed by atoms with Gasteiger partial charge in [-0.25, -0.2) is 5.01 Å². The standard InChI is InChI=1S/C22H21N7OS/c1-12-13(2)31-21-19(12)20(16-4-6-17(23)7-5-16)27-28(22-26-25-14(3)29(21)22)11-15-8-18(30)10-24-9-15/h4-10,30H,11,23H2,1-3H3. The van der Waals surface area contributed by atoms with Gasteiger partial charge in [0.1, 0.15) is 22.3 Å². The molecule has 4 heterocycles. The highest BCUT2D eigenvalue weighted by Gasteiger charge is 2.30. The molecule has 0 unspecified atom stereocenters. The van der Waals surface area contributed by atoms with E-state index >= 15 is 0 Å². The average molecular weight is 432 g/mol. The zero-order valence-corrected chi connectivity index (χ0v) is 18.2. The van der Waals surface area contributed by atoms with E-state index in [2.05, 4.69) is 29.0 Å². The van der Waals surface area contributed by atoms with Gasteiger partial charge < -0.3 is 10.8 Å². The van der Waals surface area contributed by atoms with Crippen LogP contribution in [0.1, 0.15) is 33.0 Å². The molecule has 0 atom stereocenters. The molecule has 1 aromatic carbocycles. The minimum atomic E-state index is 0.110. The summed E-state index contributed by atoms with van der Waals surface area (Å²) in [6.07, 6.45) is 3.12. The van der Waals surface area contributed by atoms with E-state index in [4.69, 9.17) is 10.8 Å². The lowest BCUT2D eigenvalue weighted by Crippen LogP contribution is -2.20. The minimum absolute atomic E-state index is 0.110. The first-order valence-corrected chi connectivity index (χ1v) is 10.6. The van der Waals surface area contributed by atoms with Crippen molar-refractivity contribution in [2.75, 3.05) is 10.7 Å². The molecule has 0 fully saturated rings. The Morgan fingerprint density at radius 1 is 1.06 bits per heavy atom. The summed E-state index contributed by atoms with van der Waals surface area (Å²) in [5.74, 6) is 1.51. The van der Waals surface area contributed by atoms with Crippen LogP contribution in [-0.4, -0.2) is 30.6 Å². The van der Waals surface area contributed by atoms with Gasteiger partial charge in [0.25, 0.3) is 5.95 Å². The predicted octanol–water partition coefficient (Wildman–Crippen LogP) is 3.71. The molecule has 0 spiro atoms. The van der Waals surface area contributed by atoms with Crippen molar-refractivity contribution in [1.82, 2.24) is 19.7 Å². The van der Waals surface area contributed by atoms with Gasteiger partial charge in [0.15, 0.2) is 0 Å². The van der Waals surface area contributed by atoms with Crippen LogP contribution in [-0.2, 0) is 6.54 Å². The van der Waals surface area contributed by atoms with Crippen molar-refractivity contribution in [3.8, 4) is 10.8 Å². The van der Waals surface area contributed by atoms with Gasteiger partial charge in [-0.3, -0.25) is 9.55 Å². The summed E-state index contributed by atoms with van der Waals surface area (Å²) >= 11 is 1.70. The fourth-order valence-electron chi connectivity index (χ4n) is 3.70. The van der Waals surface area contributed by atoms with Crippen molar-refractivity contribution < 1.29 is 5.11 Å². The lowest BCUT2D eigenvalue weighted by molar-refractivity contribution is 0.471. The normalized spacial score (nSPS) is 12.9. The molecule has 0 saturated carbocycles. The van der Waals surface area contributed by atoms with Gasteiger partial charge in [-0.2, -0.15) is 5.10 Å². The highest BCUT2D eigenvalue weighted by atomic mass is 32.1. The predicted molar refractivity (Wildman–Crippen MR) is 122 cm³/mol. The molecule has 156 valence electrons. The molecule has 5 rings (SSSR count). The molecule has 0 aliphatic carbocycles. The molecule has 1 aliphatic heterocycles. The average Bonchev–Trinajstić information content (AvgIpc) is 3.21. The Morgan fingerprint density at radius 2 is 1.84 bits per heavy atom. The van der Waals surface area contributed by atoms with E-state index in [0.717, 1.165) is 33.2 Å². The SMILES string of the molecule is Cc1sc2c(c1C)C(c1ccc(N)cc1)=NN(Cc1cncc(O)c1)c1nnc(C)n1-2. The summed E-state index contributed by atoms with van der Waals surface area (Å²) in [5.41, 5.74) is 11.5. The Morgan fingerprint density at radius 3 is 2.58 bits per heavy atom. The second kappa shape index (κ2) is 7.21. The summed E-state index contributed by atoms with van der Waals surface area (Å²) in [6, 6.07) is 9.40. The van der Waals surface area contributed by atoms with E-state index in [1.807, 2.05) is 40.8 Å². The molecule has 0 radical (unpaired) electrons. The fraction of sp³-hybridized carbons (Fsp3) is 0.182. The number of nitrogens with zero attached hydrogens (tertiary/aromatic N) is 6. The molecule has 3 aromatic heterocycles. The number of aryl methyl sites for hydroxylation is 2. The number of pyridine rings is 1. The summed E-state index contributed by atoms with van der Waals surface area (Å²) in [5, 5.41) is 26.5. The first-order valence-electron chi connectivity index (χ1n) is 9.80. The quantitative estimate of drug-likeness (QED) is 0.479. The van der Waals surface area contributed by atoms with Gasteiger partial charge >= 0.3 is 0 Å². The number of thiophene rings is 1. The monoisotopic (exact) mass is 431 g/mol. The largest absolute Gasteiger partial charge is 0.506 e. The maximum atomic E-state index is 9.87. The molecular formula is C22H21N7OS. The van der Waals surface area contributed by atoms with Crippen LogP contribution in [0.5, 0.6) is 5.75 Å². The van der Waals surface area contributed by atoms with Crippen LogP contribution >= 0.6 is 11.3 Å². The number of hydrazone groups is 1. The van der Waals surface area contributed by atoms with Crippen LogP contribution in [0.4, 0.5) is 11.6 Å². The molecule has 0 saturated heterocycles. The zero-order chi connectivity index (χ0) is 21.7. The number of nitrogen functional groups attached to an aromatic ring is 1. The van der Waals surface area contributed by atoms with Gasteiger partial charge in [0.05, 0.1) is 12.7 Å². The van der Waals surface area contributed by atoms with Crippen LogP contribution in [0, 0.1) is 20.8 Å². The summed E-state index contributed by atoms with van der Waals surface area (Å²) < 4.78 is 2.05. The number of aromatic nitrogens is 4. The summed E-state index contributed by atoms with van der Waals surface area (Å²) in [7, 11) is 0. The second-order valence-corrected chi connectivity index (χ2v) is 8.73. The Balaban J connectivity index is 1.75. The van der Waals surface area contributed by atoms with Gasteiger partial charge in [-0.15, -0.1) is 21.5 Å². The van der Waals surface area contributed by atoms with E-state index in [9.17, 15) is 5.11 Å². The highest BCUT2D eigenvalue weighted by molar-refractivity contribution is 7.15. The lowest BCUT2D eigenvalue weighted by Gasteiger charge is -2.18. The number of fused-ring (bicyclic) bond motifs is 3. The lowest BCUT2D eigenvalue weighted by atomic mass is 10.00. The number of anilines is 2. The Bertz CT molecular complexity index is 1320. The van der Waals surface area contributed by atoms with Crippen molar-refractivity contribution in [3.05, 3.63) is 75.7 Å². The third kappa shape index (κ3) is 3.23.